The molecule has 0 radical (unpaired) electrons. The Morgan fingerprint density at radius 3 is 2.41 bits per heavy atom. The van der Waals surface area contributed by atoms with Crippen LogP contribution in [0.3, 0.4) is 0 Å². The molecule has 2 fully saturated rings. The predicted octanol–water partition coefficient (Wildman–Crippen LogP) is 2.58. The summed E-state index contributed by atoms with van der Waals surface area (Å²) in [4.78, 5) is 2.31. The van der Waals surface area contributed by atoms with E-state index in [2.05, 4.69) is 9.64 Å². The third kappa shape index (κ3) is 3.53. The van der Waals surface area contributed by atoms with Gasteiger partial charge in [-0.1, -0.05) is 12.1 Å². The number of nitrogens with zero attached hydrogens (tertiary/aromatic N) is 1. The molecule has 1 aromatic rings. The van der Waals surface area contributed by atoms with Gasteiger partial charge < -0.3 is 14.2 Å². The first-order valence-corrected chi connectivity index (χ1v) is 7.22. The van der Waals surface area contributed by atoms with Crippen molar-refractivity contribution < 1.29 is 27.4 Å². The molecule has 0 aliphatic carbocycles. The monoisotopic (exact) mass is 317 g/mol. The molecule has 2 heterocycles. The molecule has 3 rings (SSSR count). The van der Waals surface area contributed by atoms with Crippen molar-refractivity contribution in [2.75, 3.05) is 33.0 Å². The standard InChI is InChI=1S/C15H18F3NO3/c16-15(17,18)22-13-3-1-12(2-4-13)9-19-6-8-21-11-14(19)5-7-20-10-14/h1-4H,5-11H2/t14-/m0/s1. The maximum atomic E-state index is 12.2. The Morgan fingerprint density at radius 2 is 1.77 bits per heavy atom. The van der Waals surface area contributed by atoms with E-state index in [4.69, 9.17) is 9.47 Å². The number of benzene rings is 1. The smallest absolute Gasteiger partial charge is 0.406 e. The second-order valence-electron chi connectivity index (χ2n) is 5.69. The van der Waals surface area contributed by atoms with Gasteiger partial charge in [-0.15, -0.1) is 13.2 Å². The van der Waals surface area contributed by atoms with E-state index < -0.39 is 6.36 Å². The maximum absolute atomic E-state index is 12.2. The lowest BCUT2D eigenvalue weighted by Crippen LogP contribution is -2.56. The minimum Gasteiger partial charge on any atom is -0.406 e. The molecular formula is C15H18F3NO3. The Hall–Kier alpha value is -1.31. The predicted molar refractivity (Wildman–Crippen MR) is 72.5 cm³/mol. The fourth-order valence-corrected chi connectivity index (χ4v) is 2.99. The number of rotatable bonds is 3. The molecule has 2 aliphatic rings. The van der Waals surface area contributed by atoms with Crippen LogP contribution in [0.1, 0.15) is 12.0 Å². The minimum absolute atomic E-state index is 0.0978. The molecule has 1 atom stereocenters. The maximum Gasteiger partial charge on any atom is 0.573 e. The third-order valence-corrected chi connectivity index (χ3v) is 4.16. The summed E-state index contributed by atoms with van der Waals surface area (Å²) in [5.41, 5.74) is 0.849. The summed E-state index contributed by atoms with van der Waals surface area (Å²) in [5.74, 6) is -0.197. The highest BCUT2D eigenvalue weighted by molar-refractivity contribution is 5.27. The van der Waals surface area contributed by atoms with E-state index in [0.717, 1.165) is 25.1 Å². The highest BCUT2D eigenvalue weighted by Crippen LogP contribution is 2.31. The van der Waals surface area contributed by atoms with Gasteiger partial charge in [0.2, 0.25) is 0 Å². The molecule has 0 N–H and O–H groups in total. The van der Waals surface area contributed by atoms with Gasteiger partial charge in [0.15, 0.2) is 0 Å². The average molecular weight is 317 g/mol. The molecule has 122 valence electrons. The van der Waals surface area contributed by atoms with Gasteiger partial charge in [0.1, 0.15) is 5.75 Å². The SMILES string of the molecule is FC(F)(F)Oc1ccc(CN2CCOC[C@@]23CCOC3)cc1. The molecule has 0 amide bonds. The van der Waals surface area contributed by atoms with Crippen LogP contribution in [0.4, 0.5) is 13.2 Å². The van der Waals surface area contributed by atoms with Crippen LogP contribution in [0.5, 0.6) is 5.75 Å². The third-order valence-electron chi connectivity index (χ3n) is 4.16. The zero-order valence-electron chi connectivity index (χ0n) is 12.1. The van der Waals surface area contributed by atoms with Gasteiger partial charge in [0, 0.05) is 19.7 Å². The lowest BCUT2D eigenvalue weighted by Gasteiger charge is -2.43. The number of ether oxygens (including phenoxy) is 3. The Morgan fingerprint density at radius 1 is 1.09 bits per heavy atom. The number of halogens is 3. The highest BCUT2D eigenvalue weighted by atomic mass is 19.4. The fraction of sp³-hybridized carbons (Fsp3) is 0.600. The van der Waals surface area contributed by atoms with E-state index in [1.54, 1.807) is 12.1 Å². The molecule has 2 aliphatic heterocycles. The van der Waals surface area contributed by atoms with E-state index in [0.29, 0.717) is 26.4 Å². The first kappa shape index (κ1) is 15.6. The second-order valence-corrected chi connectivity index (χ2v) is 5.69. The lowest BCUT2D eigenvalue weighted by molar-refractivity contribution is -0.274. The molecule has 0 saturated carbocycles. The molecule has 4 nitrogen and oxygen atoms in total. The molecule has 2 saturated heterocycles. The van der Waals surface area contributed by atoms with Crippen LogP contribution in [0.2, 0.25) is 0 Å². The summed E-state index contributed by atoms with van der Waals surface area (Å²) in [6, 6.07) is 6.03. The van der Waals surface area contributed by atoms with Crippen molar-refractivity contribution in [1.29, 1.82) is 0 Å². The van der Waals surface area contributed by atoms with Gasteiger partial charge in [-0.25, -0.2) is 0 Å². The molecule has 0 bridgehead atoms. The van der Waals surface area contributed by atoms with Crippen LogP contribution >= 0.6 is 0 Å². The number of hydrogen-bond donors (Lipinski definition) is 0. The zero-order chi connectivity index (χ0) is 15.6. The van der Waals surface area contributed by atoms with Gasteiger partial charge >= 0.3 is 6.36 Å². The molecule has 0 unspecified atom stereocenters. The molecule has 1 spiro atoms. The molecule has 0 aromatic heterocycles. The highest BCUT2D eigenvalue weighted by Gasteiger charge is 2.42. The van der Waals surface area contributed by atoms with E-state index in [9.17, 15) is 13.2 Å². The number of alkyl halides is 3. The van der Waals surface area contributed by atoms with Crippen LogP contribution in [0.15, 0.2) is 24.3 Å². The van der Waals surface area contributed by atoms with Crippen molar-refractivity contribution in [3.63, 3.8) is 0 Å². The normalized spacial score (nSPS) is 26.5. The van der Waals surface area contributed by atoms with E-state index in [-0.39, 0.29) is 11.3 Å². The molecule has 22 heavy (non-hydrogen) atoms. The fourth-order valence-electron chi connectivity index (χ4n) is 2.99. The van der Waals surface area contributed by atoms with Gasteiger partial charge in [0.05, 0.1) is 25.4 Å². The lowest BCUT2D eigenvalue weighted by atomic mass is 9.95. The Labute approximate surface area is 126 Å². The van der Waals surface area contributed by atoms with Crippen molar-refractivity contribution in [2.24, 2.45) is 0 Å². The zero-order valence-corrected chi connectivity index (χ0v) is 12.1. The van der Waals surface area contributed by atoms with Gasteiger partial charge in [-0.2, -0.15) is 0 Å². The average Bonchev–Trinajstić information content (AvgIpc) is 2.91. The van der Waals surface area contributed by atoms with Crippen LogP contribution in [-0.2, 0) is 16.0 Å². The number of hydrogen-bond acceptors (Lipinski definition) is 4. The van der Waals surface area contributed by atoms with Crippen molar-refractivity contribution in [1.82, 2.24) is 4.90 Å². The largest absolute Gasteiger partial charge is 0.573 e. The Kier molecular flexibility index (Phi) is 4.29. The summed E-state index contributed by atoms with van der Waals surface area (Å²) in [6.07, 6.45) is -3.74. The van der Waals surface area contributed by atoms with E-state index in [1.807, 2.05) is 0 Å². The minimum atomic E-state index is -4.66. The van der Waals surface area contributed by atoms with Crippen molar-refractivity contribution in [2.45, 2.75) is 24.9 Å². The second kappa shape index (κ2) is 6.06. The van der Waals surface area contributed by atoms with Crippen molar-refractivity contribution in [3.8, 4) is 5.75 Å². The topological polar surface area (TPSA) is 30.9 Å². The summed E-state index contributed by atoms with van der Waals surface area (Å²) in [7, 11) is 0. The Bertz CT molecular complexity index is 498. The number of morpholine rings is 1. The first-order valence-electron chi connectivity index (χ1n) is 7.22. The van der Waals surface area contributed by atoms with Crippen molar-refractivity contribution in [3.05, 3.63) is 29.8 Å². The van der Waals surface area contributed by atoms with Gasteiger partial charge in [-0.05, 0) is 24.1 Å². The van der Waals surface area contributed by atoms with E-state index in [1.165, 1.54) is 12.1 Å². The molecular weight excluding hydrogens is 299 g/mol. The van der Waals surface area contributed by atoms with Crippen LogP contribution < -0.4 is 4.74 Å². The molecule has 7 heteroatoms. The first-order chi connectivity index (χ1) is 10.5. The molecule has 1 aromatic carbocycles. The quantitative estimate of drug-likeness (QED) is 0.857. The summed E-state index contributed by atoms with van der Waals surface area (Å²) in [5, 5.41) is 0. The summed E-state index contributed by atoms with van der Waals surface area (Å²) in [6.45, 7) is 4.13. The van der Waals surface area contributed by atoms with Crippen LogP contribution in [0, 0.1) is 0 Å². The Balaban J connectivity index is 1.67. The van der Waals surface area contributed by atoms with E-state index >= 15 is 0 Å². The van der Waals surface area contributed by atoms with Gasteiger partial charge in [-0.3, -0.25) is 4.90 Å². The van der Waals surface area contributed by atoms with Gasteiger partial charge in [0.25, 0.3) is 0 Å². The van der Waals surface area contributed by atoms with Crippen molar-refractivity contribution >= 4 is 0 Å². The van der Waals surface area contributed by atoms with Crippen LogP contribution in [0.25, 0.3) is 0 Å². The summed E-state index contributed by atoms with van der Waals surface area (Å²) < 4.78 is 51.5. The summed E-state index contributed by atoms with van der Waals surface area (Å²) >= 11 is 0. The van der Waals surface area contributed by atoms with Crippen LogP contribution in [-0.4, -0.2) is 49.8 Å².